The minimum absolute atomic E-state index is 0.0512. The third-order valence-corrected chi connectivity index (χ3v) is 5.22. The molecule has 10 nitrogen and oxygen atoms in total. The molecule has 0 aliphatic carbocycles. The number of phenolic OH excluding ortho intramolecular Hbond substituents is 1. The summed E-state index contributed by atoms with van der Waals surface area (Å²) < 4.78 is 33.2. The van der Waals surface area contributed by atoms with Crippen LogP contribution in [-0.4, -0.2) is 43.1 Å². The highest BCUT2D eigenvalue weighted by Gasteiger charge is 2.22. The minimum atomic E-state index is -4.52. The van der Waals surface area contributed by atoms with Crippen LogP contribution in [0.15, 0.2) is 40.4 Å². The first-order chi connectivity index (χ1) is 14.0. The van der Waals surface area contributed by atoms with Crippen LogP contribution in [0, 0.1) is 13.8 Å². The Kier molecular flexibility index (Phi) is 7.24. The van der Waals surface area contributed by atoms with Crippen LogP contribution in [0.2, 0.25) is 0 Å². The quantitative estimate of drug-likeness (QED) is 0.132. The molecule has 2 aromatic rings. The molecule has 0 aliphatic heterocycles. The van der Waals surface area contributed by atoms with Gasteiger partial charge in [-0.25, -0.2) is 0 Å². The Hall–Kier alpha value is -3.31. The number of oxime groups is 1. The summed E-state index contributed by atoms with van der Waals surface area (Å²) in [6.07, 6.45) is -0.152. The van der Waals surface area contributed by atoms with Crippen molar-refractivity contribution in [3.8, 4) is 16.9 Å². The smallest absolute Gasteiger partial charge is 0.295 e. The van der Waals surface area contributed by atoms with Gasteiger partial charge in [0, 0.05) is 16.7 Å². The molecule has 0 heterocycles. The van der Waals surface area contributed by atoms with Crippen molar-refractivity contribution in [2.45, 2.75) is 25.2 Å². The molecule has 0 fully saturated rings. The fourth-order valence-electron chi connectivity index (χ4n) is 2.94. The van der Waals surface area contributed by atoms with Crippen LogP contribution in [0.25, 0.3) is 11.1 Å². The molecule has 1 amide bonds. The van der Waals surface area contributed by atoms with E-state index in [9.17, 15) is 22.9 Å². The van der Waals surface area contributed by atoms with Crippen LogP contribution in [0.3, 0.4) is 0 Å². The van der Waals surface area contributed by atoms with Crippen molar-refractivity contribution in [3.05, 3.63) is 47.0 Å². The number of carbonyl (C=O) groups is 1. The lowest BCUT2D eigenvalue weighted by molar-refractivity contribution is -0.120. The van der Waals surface area contributed by atoms with Gasteiger partial charge in [-0.05, 0) is 36.2 Å². The highest BCUT2D eigenvalue weighted by molar-refractivity contribution is 7.86. The van der Waals surface area contributed by atoms with Crippen LogP contribution < -0.4 is 16.8 Å². The van der Waals surface area contributed by atoms with E-state index in [0.717, 1.165) is 0 Å². The van der Waals surface area contributed by atoms with E-state index < -0.39 is 16.0 Å². The maximum atomic E-state index is 12.3. The number of rotatable bonds is 8. The maximum absolute atomic E-state index is 12.3. The largest absolute Gasteiger partial charge is 0.507 e. The highest BCUT2D eigenvalue weighted by Crippen LogP contribution is 2.39. The molecule has 11 heteroatoms. The molecular weight excluding hydrogens is 412 g/mol. The fraction of sp³-hybridized carbons (Fsp3) is 0.263. The van der Waals surface area contributed by atoms with Gasteiger partial charge in [-0.3, -0.25) is 9.35 Å². The topological polar surface area (TPSA) is 177 Å². The van der Waals surface area contributed by atoms with E-state index in [4.69, 9.17) is 16.3 Å². The first kappa shape index (κ1) is 23.0. The van der Waals surface area contributed by atoms with E-state index in [1.807, 2.05) is 0 Å². The van der Waals surface area contributed by atoms with Crippen LogP contribution >= 0.6 is 0 Å². The number of aryl methyl sites for hydroxylation is 2. The molecule has 0 spiro atoms. The molecule has 0 aliphatic rings. The van der Waals surface area contributed by atoms with Gasteiger partial charge < -0.3 is 26.7 Å². The van der Waals surface area contributed by atoms with Gasteiger partial charge in [-0.2, -0.15) is 8.42 Å². The van der Waals surface area contributed by atoms with Gasteiger partial charge in [0.25, 0.3) is 10.1 Å². The Morgan fingerprint density at radius 1 is 1.17 bits per heavy atom. The zero-order valence-electron chi connectivity index (χ0n) is 16.5. The first-order valence-electron chi connectivity index (χ1n) is 8.89. The lowest BCUT2D eigenvalue weighted by Gasteiger charge is -2.16. The Labute approximate surface area is 174 Å². The second-order valence-electron chi connectivity index (χ2n) is 6.56. The monoisotopic (exact) mass is 436 g/mol. The van der Waals surface area contributed by atoms with E-state index in [1.54, 1.807) is 32.0 Å². The summed E-state index contributed by atoms with van der Waals surface area (Å²) in [6, 6.07) is 7.62. The van der Waals surface area contributed by atoms with Gasteiger partial charge in [-0.15, -0.1) is 0 Å². The van der Waals surface area contributed by atoms with Crippen LogP contribution in [0.1, 0.15) is 16.7 Å². The molecule has 2 aromatic carbocycles. The second kappa shape index (κ2) is 9.46. The van der Waals surface area contributed by atoms with Crippen molar-refractivity contribution in [3.63, 3.8) is 0 Å². The van der Waals surface area contributed by atoms with Crippen molar-refractivity contribution < 1.29 is 27.7 Å². The Morgan fingerprint density at radius 3 is 2.50 bits per heavy atom. The molecule has 30 heavy (non-hydrogen) atoms. The molecule has 0 atom stereocenters. The molecule has 0 bridgehead atoms. The summed E-state index contributed by atoms with van der Waals surface area (Å²) in [6.45, 7) is 3.57. The van der Waals surface area contributed by atoms with Gasteiger partial charge in [0.05, 0.1) is 13.0 Å². The highest BCUT2D eigenvalue weighted by atomic mass is 32.2. The number of guanidine groups is 1. The molecule has 0 aromatic heterocycles. The SMILES string of the molecule is Cc1ccc(-c2c(C)cccc2S(=O)(=O)O)c(O)c1CC(=O)NCCON=C(N)N. The maximum Gasteiger partial charge on any atom is 0.295 e. The summed E-state index contributed by atoms with van der Waals surface area (Å²) in [7, 11) is -4.52. The van der Waals surface area contributed by atoms with Crippen molar-refractivity contribution in [2.75, 3.05) is 13.2 Å². The number of benzene rings is 2. The summed E-state index contributed by atoms with van der Waals surface area (Å²) in [4.78, 5) is 16.7. The number of nitrogens with two attached hydrogens (primary N) is 2. The number of hydrogen-bond acceptors (Lipinski definition) is 6. The third-order valence-electron chi connectivity index (χ3n) is 4.32. The lowest BCUT2D eigenvalue weighted by atomic mass is 9.93. The summed E-state index contributed by atoms with van der Waals surface area (Å²) in [5.74, 6) is -0.862. The first-order valence-corrected chi connectivity index (χ1v) is 10.3. The molecule has 162 valence electrons. The van der Waals surface area contributed by atoms with Gasteiger partial charge in [0.1, 0.15) is 17.3 Å². The number of nitrogens with zero attached hydrogens (tertiary/aromatic N) is 1. The van der Waals surface area contributed by atoms with Gasteiger partial charge in [0.15, 0.2) is 0 Å². The van der Waals surface area contributed by atoms with Crippen molar-refractivity contribution in [1.29, 1.82) is 0 Å². The number of carbonyl (C=O) groups excluding carboxylic acids is 1. The van der Waals surface area contributed by atoms with Gasteiger partial charge >= 0.3 is 0 Å². The Morgan fingerprint density at radius 2 is 1.87 bits per heavy atom. The molecule has 0 radical (unpaired) electrons. The second-order valence-corrected chi connectivity index (χ2v) is 7.95. The molecule has 0 unspecified atom stereocenters. The van der Waals surface area contributed by atoms with E-state index in [2.05, 4.69) is 10.5 Å². The standard InChI is InChI=1S/C19H24N4O6S/c1-11-6-7-13(17-12(2)4-3-5-15(17)30(26,27)28)18(25)14(11)10-16(24)22-8-9-29-23-19(20)21/h3-7,25H,8-10H2,1-2H3,(H,22,24)(H4,20,21,23)(H,26,27,28). The fourth-order valence-corrected chi connectivity index (χ4v) is 3.72. The third kappa shape index (κ3) is 5.61. The lowest BCUT2D eigenvalue weighted by Crippen LogP contribution is -2.29. The average Bonchev–Trinajstić information content (AvgIpc) is 2.64. The predicted molar refractivity (Wildman–Crippen MR) is 111 cm³/mol. The number of phenols is 1. The van der Waals surface area contributed by atoms with Gasteiger partial charge in [0.2, 0.25) is 11.9 Å². The zero-order valence-corrected chi connectivity index (χ0v) is 17.4. The molecule has 0 saturated carbocycles. The minimum Gasteiger partial charge on any atom is -0.507 e. The van der Waals surface area contributed by atoms with Gasteiger partial charge in [-0.1, -0.05) is 24.3 Å². The Bertz CT molecular complexity index is 1080. The van der Waals surface area contributed by atoms with E-state index in [-0.39, 0.29) is 47.3 Å². The number of nitrogens with one attached hydrogen (secondary N) is 1. The normalized spacial score (nSPS) is 11.0. The predicted octanol–water partition coefficient (Wildman–Crippen LogP) is 0.786. The number of amides is 1. The summed E-state index contributed by atoms with van der Waals surface area (Å²) in [5.41, 5.74) is 12.1. The molecule has 0 saturated heterocycles. The Balaban J connectivity index is 2.32. The summed E-state index contributed by atoms with van der Waals surface area (Å²) >= 11 is 0. The number of aromatic hydroxyl groups is 1. The average molecular weight is 436 g/mol. The van der Waals surface area contributed by atoms with E-state index in [0.29, 0.717) is 16.7 Å². The zero-order chi connectivity index (χ0) is 22.5. The van der Waals surface area contributed by atoms with Crippen LogP contribution in [0.4, 0.5) is 0 Å². The van der Waals surface area contributed by atoms with Crippen LogP contribution in [0.5, 0.6) is 5.75 Å². The molecule has 2 rings (SSSR count). The van der Waals surface area contributed by atoms with Crippen molar-refractivity contribution >= 4 is 22.0 Å². The molecular formula is C19H24N4O6S. The summed E-state index contributed by atoms with van der Waals surface area (Å²) in [5, 5.41) is 16.8. The van der Waals surface area contributed by atoms with Crippen molar-refractivity contribution in [1.82, 2.24) is 5.32 Å². The molecule has 7 N–H and O–H groups in total. The van der Waals surface area contributed by atoms with Crippen molar-refractivity contribution in [2.24, 2.45) is 16.6 Å². The van der Waals surface area contributed by atoms with E-state index in [1.165, 1.54) is 12.1 Å². The van der Waals surface area contributed by atoms with Crippen LogP contribution in [-0.2, 0) is 26.2 Å². The number of hydrogen-bond donors (Lipinski definition) is 5. The van der Waals surface area contributed by atoms with E-state index >= 15 is 0 Å².